The fraction of sp³-hybridized carbons (Fsp3) is 0.417. The van der Waals surface area contributed by atoms with Crippen molar-refractivity contribution in [1.29, 1.82) is 0 Å². The molecule has 0 aliphatic carbocycles. The van der Waals surface area contributed by atoms with Crippen molar-refractivity contribution >= 4 is 11.9 Å². The molecule has 31 heavy (non-hydrogen) atoms. The molecule has 0 N–H and O–H groups in total. The van der Waals surface area contributed by atoms with Crippen molar-refractivity contribution < 1.29 is 28.2 Å². The van der Waals surface area contributed by atoms with Crippen LogP contribution in [0.15, 0.2) is 48.5 Å². The number of nitrogens with zero attached hydrogens (tertiary/aromatic N) is 1. The van der Waals surface area contributed by atoms with Gasteiger partial charge in [-0.15, -0.1) is 0 Å². The summed E-state index contributed by atoms with van der Waals surface area (Å²) < 4.78 is 30.0. The molecule has 0 spiro atoms. The lowest BCUT2D eigenvalue weighted by Gasteiger charge is -2.21. The van der Waals surface area contributed by atoms with E-state index in [1.54, 1.807) is 42.2 Å². The topological polar surface area (TPSA) is 65.1 Å². The molecule has 1 amide bonds. The number of esters is 1. The Balaban J connectivity index is 1.91. The number of amides is 1. The lowest BCUT2D eigenvalue weighted by molar-refractivity contribution is -0.156. The summed E-state index contributed by atoms with van der Waals surface area (Å²) in [5, 5.41) is 0. The molecular weight excluding hydrogens is 401 g/mol. The second kappa shape index (κ2) is 12.7. The Bertz CT molecular complexity index is 840. The monoisotopic (exact) mass is 431 g/mol. The maximum absolute atomic E-state index is 13.9. The number of likely N-dealkylation sites (N-methyl/N-ethyl adjacent to an activating group) is 1. The lowest BCUT2D eigenvalue weighted by atomic mass is 10.1. The Morgan fingerprint density at radius 2 is 1.71 bits per heavy atom. The first-order valence-electron chi connectivity index (χ1n) is 10.5. The Morgan fingerprint density at radius 1 is 1.00 bits per heavy atom. The number of carbonyl (C=O) groups is 2. The summed E-state index contributed by atoms with van der Waals surface area (Å²) in [6.45, 7) is 6.62. The van der Waals surface area contributed by atoms with Gasteiger partial charge in [-0.3, -0.25) is 4.79 Å². The Morgan fingerprint density at radius 3 is 2.32 bits per heavy atom. The minimum absolute atomic E-state index is 0.147. The van der Waals surface area contributed by atoms with E-state index in [0.29, 0.717) is 37.5 Å². The molecule has 0 fully saturated rings. The van der Waals surface area contributed by atoms with Gasteiger partial charge in [-0.1, -0.05) is 30.3 Å². The van der Waals surface area contributed by atoms with Crippen LogP contribution >= 0.6 is 0 Å². The fourth-order valence-corrected chi connectivity index (χ4v) is 3.03. The van der Waals surface area contributed by atoms with E-state index in [1.807, 2.05) is 26.0 Å². The highest BCUT2D eigenvalue weighted by molar-refractivity contribution is 5.77. The first-order chi connectivity index (χ1) is 15.0. The molecule has 6 nitrogen and oxygen atoms in total. The lowest BCUT2D eigenvalue weighted by Crippen LogP contribution is -2.34. The summed E-state index contributed by atoms with van der Waals surface area (Å²) >= 11 is 0. The predicted octanol–water partition coefficient (Wildman–Crippen LogP) is 3.76. The number of halogens is 1. The van der Waals surface area contributed by atoms with Crippen molar-refractivity contribution in [1.82, 2.24) is 4.90 Å². The van der Waals surface area contributed by atoms with E-state index >= 15 is 0 Å². The van der Waals surface area contributed by atoms with Crippen molar-refractivity contribution in [3.05, 3.63) is 65.5 Å². The van der Waals surface area contributed by atoms with Gasteiger partial charge in [-0.2, -0.15) is 0 Å². The van der Waals surface area contributed by atoms with Gasteiger partial charge in [0.15, 0.2) is 12.7 Å². The summed E-state index contributed by atoms with van der Waals surface area (Å²) in [6, 6.07) is 13.5. The summed E-state index contributed by atoms with van der Waals surface area (Å²) in [6.07, 6.45) is -0.271. The molecule has 0 radical (unpaired) electrons. The smallest absolute Gasteiger partial charge is 0.335 e. The van der Waals surface area contributed by atoms with E-state index in [9.17, 15) is 14.0 Å². The van der Waals surface area contributed by atoms with Crippen LogP contribution in [0.25, 0.3) is 0 Å². The molecule has 0 saturated carbocycles. The van der Waals surface area contributed by atoms with E-state index in [0.717, 1.165) is 5.56 Å². The third-order valence-electron chi connectivity index (χ3n) is 4.68. The van der Waals surface area contributed by atoms with E-state index in [4.69, 9.17) is 14.2 Å². The molecular formula is C24H30FNO5. The normalized spacial score (nSPS) is 11.6. The van der Waals surface area contributed by atoms with Crippen LogP contribution < -0.4 is 4.74 Å². The van der Waals surface area contributed by atoms with Gasteiger partial charge >= 0.3 is 5.97 Å². The van der Waals surface area contributed by atoms with Gasteiger partial charge in [0.05, 0.1) is 6.61 Å². The summed E-state index contributed by atoms with van der Waals surface area (Å²) in [7, 11) is 0. The van der Waals surface area contributed by atoms with Crippen LogP contribution in [-0.2, 0) is 32.0 Å². The van der Waals surface area contributed by atoms with E-state index in [2.05, 4.69) is 0 Å². The number of carbonyl (C=O) groups excluding carboxylic acids is 2. The van der Waals surface area contributed by atoms with E-state index < -0.39 is 6.10 Å². The highest BCUT2D eigenvalue weighted by Gasteiger charge is 2.20. The third-order valence-corrected chi connectivity index (χ3v) is 4.68. The molecule has 0 saturated heterocycles. The molecule has 0 aliphatic heterocycles. The van der Waals surface area contributed by atoms with Crippen molar-refractivity contribution in [2.24, 2.45) is 0 Å². The zero-order valence-corrected chi connectivity index (χ0v) is 18.3. The second-order valence-corrected chi connectivity index (χ2v) is 6.83. The molecule has 2 aromatic rings. The van der Waals surface area contributed by atoms with Crippen LogP contribution in [-0.4, -0.2) is 49.2 Å². The van der Waals surface area contributed by atoms with Gasteiger partial charge in [0.1, 0.15) is 11.6 Å². The Kier molecular flexibility index (Phi) is 9.97. The Hall–Kier alpha value is -2.93. The third kappa shape index (κ3) is 7.68. The zero-order chi connectivity index (χ0) is 22.6. The van der Waals surface area contributed by atoms with Crippen molar-refractivity contribution in [3.8, 4) is 5.75 Å². The van der Waals surface area contributed by atoms with Gasteiger partial charge in [0.2, 0.25) is 0 Å². The predicted molar refractivity (Wildman–Crippen MR) is 115 cm³/mol. The highest BCUT2D eigenvalue weighted by Crippen LogP contribution is 2.16. The summed E-state index contributed by atoms with van der Waals surface area (Å²) in [5.41, 5.74) is 1.35. The number of ether oxygens (including phenoxy) is 3. The molecule has 0 aliphatic rings. The van der Waals surface area contributed by atoms with Crippen LogP contribution in [0, 0.1) is 5.82 Å². The van der Waals surface area contributed by atoms with E-state index in [-0.39, 0.29) is 30.8 Å². The Labute approximate surface area is 182 Å². The minimum atomic E-state index is -0.658. The molecule has 7 heteroatoms. The number of hydrogen-bond donors (Lipinski definition) is 0. The van der Waals surface area contributed by atoms with Gasteiger partial charge in [0, 0.05) is 31.7 Å². The average molecular weight is 432 g/mol. The maximum atomic E-state index is 13.9. The van der Waals surface area contributed by atoms with Crippen molar-refractivity contribution in [2.75, 3.05) is 26.4 Å². The molecule has 2 aromatic carbocycles. The quantitative estimate of drug-likeness (QED) is 0.479. The average Bonchev–Trinajstić information content (AvgIpc) is 2.77. The fourth-order valence-electron chi connectivity index (χ4n) is 3.03. The number of hydrogen-bond acceptors (Lipinski definition) is 5. The van der Waals surface area contributed by atoms with Gasteiger partial charge in [0.25, 0.3) is 5.91 Å². The number of rotatable bonds is 12. The summed E-state index contributed by atoms with van der Waals surface area (Å²) in [5.74, 6) is -0.417. The molecule has 0 unspecified atom stereocenters. The molecule has 0 bridgehead atoms. The SMILES string of the molecule is CCOC(=O)[C@H](Cc1ccc(OCC(=O)N(CC)Cc2ccccc2F)cc1)OCC. The van der Waals surface area contributed by atoms with Gasteiger partial charge in [-0.25, -0.2) is 9.18 Å². The van der Waals surface area contributed by atoms with Crippen LogP contribution in [0.4, 0.5) is 4.39 Å². The van der Waals surface area contributed by atoms with Gasteiger partial charge < -0.3 is 19.1 Å². The molecule has 0 aromatic heterocycles. The standard InChI is InChI=1S/C24H30FNO5/c1-4-26(16-19-9-7-8-10-21(19)25)23(27)17-31-20-13-11-18(12-14-20)15-22(29-5-2)24(28)30-6-3/h7-14,22H,4-6,15-17H2,1-3H3/t22-/m0/s1. The first kappa shape index (κ1) is 24.3. The molecule has 2 rings (SSSR count). The highest BCUT2D eigenvalue weighted by atomic mass is 19.1. The zero-order valence-electron chi connectivity index (χ0n) is 18.3. The van der Waals surface area contributed by atoms with Crippen LogP contribution in [0.2, 0.25) is 0 Å². The van der Waals surface area contributed by atoms with E-state index in [1.165, 1.54) is 6.07 Å². The largest absolute Gasteiger partial charge is 0.484 e. The summed E-state index contributed by atoms with van der Waals surface area (Å²) in [4.78, 5) is 26.0. The maximum Gasteiger partial charge on any atom is 0.335 e. The molecule has 0 heterocycles. The van der Waals surface area contributed by atoms with Crippen LogP contribution in [0.3, 0.4) is 0 Å². The molecule has 168 valence electrons. The van der Waals surface area contributed by atoms with Crippen molar-refractivity contribution in [3.63, 3.8) is 0 Å². The van der Waals surface area contributed by atoms with Crippen LogP contribution in [0.1, 0.15) is 31.9 Å². The van der Waals surface area contributed by atoms with Gasteiger partial charge in [-0.05, 0) is 44.5 Å². The second-order valence-electron chi connectivity index (χ2n) is 6.83. The number of benzene rings is 2. The van der Waals surface area contributed by atoms with Crippen LogP contribution in [0.5, 0.6) is 5.75 Å². The molecule has 1 atom stereocenters. The van der Waals surface area contributed by atoms with Crippen molar-refractivity contribution in [2.45, 2.75) is 39.8 Å². The minimum Gasteiger partial charge on any atom is -0.484 e. The first-order valence-corrected chi connectivity index (χ1v) is 10.5.